The minimum atomic E-state index is 0.187. The van der Waals surface area contributed by atoms with Crippen LogP contribution in [-0.4, -0.2) is 25.0 Å². The Morgan fingerprint density at radius 3 is 2.84 bits per heavy atom. The molecule has 1 aromatic rings. The van der Waals surface area contributed by atoms with Crippen molar-refractivity contribution in [1.29, 1.82) is 0 Å². The van der Waals surface area contributed by atoms with Crippen LogP contribution >= 0.6 is 0 Å². The molecule has 1 saturated heterocycles. The molecular formula is C16H24N2O. The fourth-order valence-corrected chi connectivity index (χ4v) is 2.48. The van der Waals surface area contributed by atoms with Gasteiger partial charge in [0.1, 0.15) is 0 Å². The van der Waals surface area contributed by atoms with Gasteiger partial charge < -0.3 is 10.6 Å². The Morgan fingerprint density at radius 2 is 2.05 bits per heavy atom. The molecule has 1 amide bonds. The van der Waals surface area contributed by atoms with Gasteiger partial charge in [0.25, 0.3) is 0 Å². The number of carbonyl (C=O) groups excluding carboxylic acids is 1. The van der Waals surface area contributed by atoms with E-state index in [1.807, 2.05) is 0 Å². The quantitative estimate of drug-likeness (QED) is 0.871. The minimum Gasteiger partial charge on any atom is -0.353 e. The SMILES string of the molecule is Cc1ccc(CCC(=O)NC2CCCNCC2)cc1. The van der Waals surface area contributed by atoms with Gasteiger partial charge in [-0.15, -0.1) is 0 Å². The Labute approximate surface area is 115 Å². The number of nitrogens with one attached hydrogen (secondary N) is 2. The summed E-state index contributed by atoms with van der Waals surface area (Å²) in [5.74, 6) is 0.187. The second kappa shape index (κ2) is 7.29. The van der Waals surface area contributed by atoms with Crippen molar-refractivity contribution >= 4 is 5.91 Å². The molecule has 1 aliphatic rings. The first-order valence-corrected chi connectivity index (χ1v) is 7.29. The summed E-state index contributed by atoms with van der Waals surface area (Å²) in [5.41, 5.74) is 2.50. The third kappa shape index (κ3) is 5.03. The zero-order valence-corrected chi connectivity index (χ0v) is 11.7. The lowest BCUT2D eigenvalue weighted by molar-refractivity contribution is -0.121. The molecule has 104 valence electrons. The van der Waals surface area contributed by atoms with E-state index >= 15 is 0 Å². The summed E-state index contributed by atoms with van der Waals surface area (Å²) in [6, 6.07) is 8.78. The summed E-state index contributed by atoms with van der Waals surface area (Å²) >= 11 is 0. The molecule has 0 aromatic heterocycles. The standard InChI is InChI=1S/C16H24N2O/c1-13-4-6-14(7-5-13)8-9-16(19)18-15-3-2-11-17-12-10-15/h4-7,15,17H,2-3,8-12H2,1H3,(H,18,19). The molecule has 3 nitrogen and oxygen atoms in total. The van der Waals surface area contributed by atoms with E-state index in [2.05, 4.69) is 41.8 Å². The van der Waals surface area contributed by atoms with Gasteiger partial charge in [-0.2, -0.15) is 0 Å². The van der Waals surface area contributed by atoms with E-state index in [1.165, 1.54) is 11.1 Å². The Hall–Kier alpha value is -1.35. The Morgan fingerprint density at radius 1 is 1.26 bits per heavy atom. The summed E-state index contributed by atoms with van der Waals surface area (Å²) in [5, 5.41) is 6.52. The van der Waals surface area contributed by atoms with E-state index in [0.29, 0.717) is 12.5 Å². The molecule has 1 aromatic carbocycles. The van der Waals surface area contributed by atoms with Crippen LogP contribution in [0.3, 0.4) is 0 Å². The highest BCUT2D eigenvalue weighted by molar-refractivity contribution is 5.76. The van der Waals surface area contributed by atoms with E-state index in [1.54, 1.807) is 0 Å². The molecule has 19 heavy (non-hydrogen) atoms. The van der Waals surface area contributed by atoms with E-state index in [9.17, 15) is 4.79 Å². The maximum atomic E-state index is 11.9. The second-order valence-electron chi connectivity index (χ2n) is 5.43. The van der Waals surface area contributed by atoms with Crippen LogP contribution in [-0.2, 0) is 11.2 Å². The summed E-state index contributed by atoms with van der Waals surface area (Å²) < 4.78 is 0. The van der Waals surface area contributed by atoms with Crippen molar-refractivity contribution in [2.24, 2.45) is 0 Å². The number of hydrogen-bond donors (Lipinski definition) is 2. The van der Waals surface area contributed by atoms with E-state index < -0.39 is 0 Å². The van der Waals surface area contributed by atoms with Crippen molar-refractivity contribution in [2.75, 3.05) is 13.1 Å². The van der Waals surface area contributed by atoms with Crippen LogP contribution in [0, 0.1) is 6.92 Å². The molecule has 3 heteroatoms. The molecule has 0 bridgehead atoms. The van der Waals surface area contributed by atoms with Crippen LogP contribution in [0.15, 0.2) is 24.3 Å². The first-order chi connectivity index (χ1) is 9.24. The lowest BCUT2D eigenvalue weighted by Gasteiger charge is -2.15. The van der Waals surface area contributed by atoms with Crippen molar-refractivity contribution in [3.8, 4) is 0 Å². The lowest BCUT2D eigenvalue weighted by atomic mass is 10.1. The molecule has 0 spiro atoms. The van der Waals surface area contributed by atoms with Crippen LogP contribution in [0.25, 0.3) is 0 Å². The Kier molecular flexibility index (Phi) is 5.40. The molecule has 0 saturated carbocycles. The summed E-state index contributed by atoms with van der Waals surface area (Å²) in [7, 11) is 0. The molecule has 0 radical (unpaired) electrons. The van der Waals surface area contributed by atoms with Gasteiger partial charge in [0.2, 0.25) is 5.91 Å². The van der Waals surface area contributed by atoms with Crippen LogP contribution < -0.4 is 10.6 Å². The molecule has 0 aliphatic carbocycles. The van der Waals surface area contributed by atoms with Crippen LogP contribution in [0.5, 0.6) is 0 Å². The molecule has 1 aliphatic heterocycles. The van der Waals surface area contributed by atoms with Gasteiger partial charge >= 0.3 is 0 Å². The Bertz CT molecular complexity index is 392. The van der Waals surface area contributed by atoms with E-state index in [4.69, 9.17) is 0 Å². The van der Waals surface area contributed by atoms with Crippen LogP contribution in [0.4, 0.5) is 0 Å². The van der Waals surface area contributed by atoms with Crippen molar-refractivity contribution in [3.63, 3.8) is 0 Å². The highest BCUT2D eigenvalue weighted by Crippen LogP contribution is 2.08. The number of carbonyl (C=O) groups is 1. The molecule has 2 rings (SSSR count). The minimum absolute atomic E-state index is 0.187. The monoisotopic (exact) mass is 260 g/mol. The fraction of sp³-hybridized carbons (Fsp3) is 0.562. The third-order valence-corrected chi connectivity index (χ3v) is 3.70. The van der Waals surface area contributed by atoms with E-state index in [0.717, 1.165) is 38.8 Å². The molecule has 2 N–H and O–H groups in total. The molecule has 1 unspecified atom stereocenters. The zero-order valence-electron chi connectivity index (χ0n) is 11.7. The summed E-state index contributed by atoms with van der Waals surface area (Å²) in [6.45, 7) is 4.18. The van der Waals surface area contributed by atoms with Gasteiger partial charge in [0.15, 0.2) is 0 Å². The number of hydrogen-bond acceptors (Lipinski definition) is 2. The average molecular weight is 260 g/mol. The van der Waals surface area contributed by atoms with Gasteiger partial charge in [0.05, 0.1) is 0 Å². The van der Waals surface area contributed by atoms with Crippen molar-refractivity contribution in [2.45, 2.75) is 45.1 Å². The van der Waals surface area contributed by atoms with Crippen LogP contribution in [0.1, 0.15) is 36.8 Å². The highest BCUT2D eigenvalue weighted by Gasteiger charge is 2.14. The average Bonchev–Trinajstić information content (AvgIpc) is 2.67. The molecule has 1 fully saturated rings. The second-order valence-corrected chi connectivity index (χ2v) is 5.43. The third-order valence-electron chi connectivity index (χ3n) is 3.70. The zero-order chi connectivity index (χ0) is 13.5. The van der Waals surface area contributed by atoms with Gasteiger partial charge in [-0.05, 0) is 51.3 Å². The first kappa shape index (κ1) is 14.1. The summed E-state index contributed by atoms with van der Waals surface area (Å²) in [6.07, 6.45) is 4.73. The van der Waals surface area contributed by atoms with E-state index in [-0.39, 0.29) is 5.91 Å². The van der Waals surface area contributed by atoms with Gasteiger partial charge in [-0.1, -0.05) is 29.8 Å². The van der Waals surface area contributed by atoms with Gasteiger partial charge in [0, 0.05) is 12.5 Å². The summed E-state index contributed by atoms with van der Waals surface area (Å²) in [4.78, 5) is 11.9. The maximum Gasteiger partial charge on any atom is 0.220 e. The number of amides is 1. The Balaban J connectivity index is 1.73. The van der Waals surface area contributed by atoms with Gasteiger partial charge in [-0.25, -0.2) is 0 Å². The number of benzene rings is 1. The number of rotatable bonds is 4. The molecule has 1 heterocycles. The lowest BCUT2D eigenvalue weighted by Crippen LogP contribution is -2.35. The normalized spacial score (nSPS) is 19.7. The predicted molar refractivity (Wildman–Crippen MR) is 78.2 cm³/mol. The molecule has 1 atom stereocenters. The predicted octanol–water partition coefficient (Wildman–Crippen LogP) is 2.19. The van der Waals surface area contributed by atoms with Crippen LogP contribution in [0.2, 0.25) is 0 Å². The van der Waals surface area contributed by atoms with Gasteiger partial charge in [-0.3, -0.25) is 4.79 Å². The van der Waals surface area contributed by atoms with Crippen molar-refractivity contribution in [3.05, 3.63) is 35.4 Å². The van der Waals surface area contributed by atoms with Crippen molar-refractivity contribution in [1.82, 2.24) is 10.6 Å². The molecular weight excluding hydrogens is 236 g/mol. The topological polar surface area (TPSA) is 41.1 Å². The highest BCUT2D eigenvalue weighted by atomic mass is 16.1. The fourth-order valence-electron chi connectivity index (χ4n) is 2.48. The van der Waals surface area contributed by atoms with Crippen molar-refractivity contribution < 1.29 is 4.79 Å². The maximum absolute atomic E-state index is 11.9. The first-order valence-electron chi connectivity index (χ1n) is 7.29. The smallest absolute Gasteiger partial charge is 0.220 e. The number of aryl methyl sites for hydroxylation is 2. The largest absolute Gasteiger partial charge is 0.353 e.